The molecule has 0 aliphatic heterocycles. The molecule has 3 aromatic carbocycles. The highest BCUT2D eigenvalue weighted by Crippen LogP contribution is 2.37. The lowest BCUT2D eigenvalue weighted by Crippen LogP contribution is -2.08. The number of carbonyl (C=O) groups is 1. The predicted molar refractivity (Wildman–Crippen MR) is 116 cm³/mol. The number of carboxylic acids is 1. The van der Waals surface area contributed by atoms with Crippen LogP contribution in [0.5, 0.6) is 0 Å². The summed E-state index contributed by atoms with van der Waals surface area (Å²) in [6.45, 7) is 1.63. The van der Waals surface area contributed by atoms with Crippen LogP contribution in [0, 0.1) is 6.92 Å². The van der Waals surface area contributed by atoms with Gasteiger partial charge in [0.15, 0.2) is 0 Å². The lowest BCUT2D eigenvalue weighted by molar-refractivity contribution is -0.137. The molecule has 0 unspecified atom stereocenters. The number of halogens is 3. The van der Waals surface area contributed by atoms with Gasteiger partial charge in [0.25, 0.3) is 0 Å². The zero-order valence-corrected chi connectivity index (χ0v) is 17.1. The van der Waals surface area contributed by atoms with Crippen molar-refractivity contribution >= 4 is 17.0 Å². The molecule has 0 aliphatic rings. The molecule has 1 aromatic heterocycles. The molecular weight excluding hydrogens is 417 g/mol. The third kappa shape index (κ3) is 4.32. The summed E-state index contributed by atoms with van der Waals surface area (Å²) in [7, 11) is 0. The highest BCUT2D eigenvalue weighted by atomic mass is 19.4. The van der Waals surface area contributed by atoms with Crippen LogP contribution in [0.15, 0.2) is 66.7 Å². The third-order valence-electron chi connectivity index (χ3n) is 5.23. The minimum Gasteiger partial charge on any atom is -0.481 e. The molecule has 0 radical (unpaired) electrons. The monoisotopic (exact) mass is 436 g/mol. The van der Waals surface area contributed by atoms with E-state index in [2.05, 4.69) is 9.97 Å². The Bertz CT molecular complexity index is 1300. The van der Waals surface area contributed by atoms with Crippen LogP contribution in [0.4, 0.5) is 13.2 Å². The first-order chi connectivity index (χ1) is 15.2. The Morgan fingerprint density at radius 3 is 2.38 bits per heavy atom. The molecule has 162 valence electrons. The van der Waals surface area contributed by atoms with Crippen molar-refractivity contribution in [2.75, 3.05) is 0 Å². The van der Waals surface area contributed by atoms with E-state index in [1.807, 2.05) is 48.5 Å². The fraction of sp³-hybridized carbons (Fsp3) is 0.160. The van der Waals surface area contributed by atoms with Gasteiger partial charge in [0.2, 0.25) is 0 Å². The van der Waals surface area contributed by atoms with Gasteiger partial charge in [0.05, 0.1) is 22.5 Å². The summed E-state index contributed by atoms with van der Waals surface area (Å²) >= 11 is 0. The molecule has 0 amide bonds. The smallest absolute Gasteiger partial charge is 0.418 e. The fourth-order valence-corrected chi connectivity index (χ4v) is 3.71. The van der Waals surface area contributed by atoms with Crippen LogP contribution in [0.1, 0.15) is 23.2 Å². The Morgan fingerprint density at radius 1 is 0.938 bits per heavy atom. The van der Waals surface area contributed by atoms with Crippen molar-refractivity contribution in [1.29, 1.82) is 0 Å². The van der Waals surface area contributed by atoms with Crippen molar-refractivity contribution in [3.63, 3.8) is 0 Å². The summed E-state index contributed by atoms with van der Waals surface area (Å²) < 4.78 is 40.3. The van der Waals surface area contributed by atoms with Gasteiger partial charge in [-0.3, -0.25) is 4.79 Å². The van der Waals surface area contributed by atoms with Gasteiger partial charge in [0.1, 0.15) is 5.52 Å². The molecule has 0 fully saturated rings. The maximum atomic E-state index is 13.4. The Labute approximate surface area is 182 Å². The standard InChI is InChI=1S/C25H19F3N2O2/c1-15-23(30-21-9-5-8-20(24(21)29-15)25(26,27)28)19-14-16(11-13-22(31)32)10-12-18(19)17-6-3-2-4-7-17/h2-10,12,14H,11,13H2,1H3,(H,31,32). The molecule has 1 N–H and O–H groups in total. The maximum absolute atomic E-state index is 13.4. The van der Waals surface area contributed by atoms with Gasteiger partial charge in [-0.15, -0.1) is 0 Å². The van der Waals surface area contributed by atoms with E-state index < -0.39 is 17.7 Å². The number of hydrogen-bond donors (Lipinski definition) is 1. The zero-order chi connectivity index (χ0) is 22.9. The van der Waals surface area contributed by atoms with E-state index >= 15 is 0 Å². The topological polar surface area (TPSA) is 63.1 Å². The first kappa shape index (κ1) is 21.5. The van der Waals surface area contributed by atoms with E-state index in [9.17, 15) is 18.0 Å². The Balaban J connectivity index is 1.93. The number of para-hydroxylation sites is 1. The molecule has 0 saturated heterocycles. The quantitative estimate of drug-likeness (QED) is 0.398. The van der Waals surface area contributed by atoms with Crippen molar-refractivity contribution in [2.45, 2.75) is 25.9 Å². The molecule has 0 aliphatic carbocycles. The van der Waals surface area contributed by atoms with Gasteiger partial charge in [-0.2, -0.15) is 13.2 Å². The number of benzene rings is 3. The van der Waals surface area contributed by atoms with E-state index in [1.165, 1.54) is 12.1 Å². The van der Waals surface area contributed by atoms with Crippen LogP contribution in [-0.4, -0.2) is 21.0 Å². The summed E-state index contributed by atoms with van der Waals surface area (Å²) in [4.78, 5) is 19.9. The highest BCUT2D eigenvalue weighted by Gasteiger charge is 2.33. The van der Waals surface area contributed by atoms with Crippen molar-refractivity contribution in [3.8, 4) is 22.4 Å². The Hall–Kier alpha value is -3.74. The fourth-order valence-electron chi connectivity index (χ4n) is 3.71. The number of carboxylic acid groups (broad SMARTS) is 1. The Kier molecular flexibility index (Phi) is 5.65. The highest BCUT2D eigenvalue weighted by molar-refractivity contribution is 5.87. The molecule has 0 spiro atoms. The molecule has 0 atom stereocenters. The first-order valence-corrected chi connectivity index (χ1v) is 9.99. The molecule has 4 nitrogen and oxygen atoms in total. The predicted octanol–water partition coefficient (Wildman–Crippen LogP) is 6.31. The van der Waals surface area contributed by atoms with Crippen molar-refractivity contribution in [1.82, 2.24) is 9.97 Å². The number of aromatic nitrogens is 2. The van der Waals surface area contributed by atoms with Gasteiger partial charge in [-0.25, -0.2) is 9.97 Å². The number of hydrogen-bond acceptors (Lipinski definition) is 3. The van der Waals surface area contributed by atoms with Crippen molar-refractivity contribution in [3.05, 3.63) is 83.6 Å². The molecular formula is C25H19F3N2O2. The number of rotatable bonds is 5. The van der Waals surface area contributed by atoms with Crippen LogP contribution in [0.2, 0.25) is 0 Å². The normalized spacial score (nSPS) is 11.6. The van der Waals surface area contributed by atoms with E-state index in [0.29, 0.717) is 23.4 Å². The third-order valence-corrected chi connectivity index (χ3v) is 5.23. The van der Waals surface area contributed by atoms with Gasteiger partial charge < -0.3 is 5.11 Å². The summed E-state index contributed by atoms with van der Waals surface area (Å²) in [6, 6.07) is 19.0. The van der Waals surface area contributed by atoms with Crippen LogP contribution < -0.4 is 0 Å². The second-order valence-corrected chi connectivity index (χ2v) is 7.47. The largest absolute Gasteiger partial charge is 0.481 e. The average molecular weight is 436 g/mol. The number of nitrogens with zero attached hydrogens (tertiary/aromatic N) is 2. The molecule has 1 heterocycles. The van der Waals surface area contributed by atoms with E-state index in [4.69, 9.17) is 5.11 Å². The van der Waals surface area contributed by atoms with E-state index in [-0.39, 0.29) is 17.5 Å². The number of aryl methyl sites for hydroxylation is 2. The minimum atomic E-state index is -4.53. The van der Waals surface area contributed by atoms with Gasteiger partial charge >= 0.3 is 12.1 Å². The summed E-state index contributed by atoms with van der Waals surface area (Å²) in [5.74, 6) is -0.903. The second kappa shape index (κ2) is 8.42. The van der Waals surface area contributed by atoms with E-state index in [0.717, 1.165) is 22.8 Å². The summed E-state index contributed by atoms with van der Waals surface area (Å²) in [5.41, 5.74) is 3.21. The minimum absolute atomic E-state index is 0.0263. The lowest BCUT2D eigenvalue weighted by Gasteiger charge is -2.15. The maximum Gasteiger partial charge on any atom is 0.418 e. The molecule has 0 bridgehead atoms. The molecule has 32 heavy (non-hydrogen) atoms. The molecule has 4 rings (SSSR count). The number of aliphatic carboxylic acids is 1. The first-order valence-electron chi connectivity index (χ1n) is 9.99. The second-order valence-electron chi connectivity index (χ2n) is 7.47. The van der Waals surface area contributed by atoms with Crippen LogP contribution >= 0.6 is 0 Å². The van der Waals surface area contributed by atoms with Gasteiger partial charge in [0, 0.05) is 12.0 Å². The van der Waals surface area contributed by atoms with Gasteiger partial charge in [-0.1, -0.05) is 48.5 Å². The number of alkyl halides is 3. The van der Waals surface area contributed by atoms with Crippen LogP contribution in [-0.2, 0) is 17.4 Å². The van der Waals surface area contributed by atoms with Crippen LogP contribution in [0.25, 0.3) is 33.4 Å². The average Bonchev–Trinajstić information content (AvgIpc) is 2.76. The SMILES string of the molecule is Cc1nc2c(C(F)(F)F)cccc2nc1-c1cc(CCC(=O)O)ccc1-c1ccccc1. The van der Waals surface area contributed by atoms with Crippen LogP contribution in [0.3, 0.4) is 0 Å². The summed E-state index contributed by atoms with van der Waals surface area (Å²) in [5, 5.41) is 9.03. The van der Waals surface area contributed by atoms with Gasteiger partial charge in [-0.05, 0) is 48.2 Å². The Morgan fingerprint density at radius 2 is 1.69 bits per heavy atom. The van der Waals surface area contributed by atoms with Crippen molar-refractivity contribution < 1.29 is 23.1 Å². The molecule has 0 saturated carbocycles. The zero-order valence-electron chi connectivity index (χ0n) is 17.1. The number of fused-ring (bicyclic) bond motifs is 1. The van der Waals surface area contributed by atoms with Crippen molar-refractivity contribution in [2.24, 2.45) is 0 Å². The lowest BCUT2D eigenvalue weighted by atomic mass is 9.93. The van der Waals surface area contributed by atoms with E-state index in [1.54, 1.807) is 6.92 Å². The molecule has 4 aromatic rings. The molecule has 7 heteroatoms. The summed E-state index contributed by atoms with van der Waals surface area (Å²) in [6.07, 6.45) is -4.23.